The van der Waals surface area contributed by atoms with Gasteiger partial charge in [-0.2, -0.15) is 0 Å². The smallest absolute Gasteiger partial charge is 0.137 e. The predicted octanol–water partition coefficient (Wildman–Crippen LogP) is 28.2. The maximum atomic E-state index is 5.98. The Bertz CT molecular complexity index is 6490. The molecule has 7 heteroatoms. The summed E-state index contributed by atoms with van der Waals surface area (Å²) in [5.74, 6) is 0. The van der Waals surface area contributed by atoms with Crippen LogP contribution in [0, 0.1) is 0 Å². The molecule has 3 heterocycles. The summed E-state index contributed by atoms with van der Waals surface area (Å²) >= 11 is 1.86. The van der Waals surface area contributed by atoms with E-state index in [-0.39, 0.29) is 5.41 Å². The largest absolute Gasteiger partial charge is 0.456 e. The third-order valence-corrected chi connectivity index (χ3v) is 21.1. The SMILES string of the molecule is c1ccc(-c2cccc(Nc3ccc4c(c3)oc3ccccc34)c2)cc1.c1ccc(Nc2ccc3c(c2)C(c2ccccc2)(c2ccccc2)c2ccccc2-3)cc1.c1ccc(Nc2ccc3sc4ccc5ccccc5c4c3c2)cc1.c1ccc2cc(Nc3ccc4oc5ccccc5c4c3)ccc2c1. The van der Waals surface area contributed by atoms with Crippen molar-refractivity contribution in [2.75, 3.05) is 21.3 Å². The molecule has 1 aliphatic carbocycles. The minimum atomic E-state index is -0.358. The van der Waals surface area contributed by atoms with Crippen molar-refractivity contribution >= 4 is 142 Å². The highest BCUT2D eigenvalue weighted by atomic mass is 32.1. The molecule has 6 nitrogen and oxygen atoms in total. The van der Waals surface area contributed by atoms with Crippen LogP contribution >= 0.6 is 11.3 Å². The molecule has 0 radical (unpaired) electrons. The van der Waals surface area contributed by atoms with Gasteiger partial charge in [0.05, 0.1) is 5.41 Å². The number of rotatable bonds is 11. The molecule has 0 saturated heterocycles. The summed E-state index contributed by atoms with van der Waals surface area (Å²) < 4.78 is 14.6. The lowest BCUT2D eigenvalue weighted by Gasteiger charge is -2.34. The molecule has 0 aliphatic heterocycles. The first kappa shape index (κ1) is 64.4. The lowest BCUT2D eigenvalue weighted by atomic mass is 9.67. The summed E-state index contributed by atoms with van der Waals surface area (Å²) in [6.07, 6.45) is 0. The van der Waals surface area contributed by atoms with Crippen LogP contribution in [0.4, 0.5) is 45.5 Å². The number of para-hydroxylation sites is 4. The molecule has 0 amide bonds. The van der Waals surface area contributed by atoms with Crippen LogP contribution in [-0.4, -0.2) is 0 Å². The summed E-state index contributed by atoms with van der Waals surface area (Å²) in [4.78, 5) is 0. The molecule has 21 rings (SSSR count). The normalized spacial score (nSPS) is 11.8. The van der Waals surface area contributed by atoms with Crippen LogP contribution in [0.3, 0.4) is 0 Å². The Morgan fingerprint density at radius 3 is 1.36 bits per heavy atom. The maximum Gasteiger partial charge on any atom is 0.137 e. The van der Waals surface area contributed by atoms with Gasteiger partial charge in [-0.15, -0.1) is 11.3 Å². The van der Waals surface area contributed by atoms with Crippen LogP contribution < -0.4 is 21.3 Å². The van der Waals surface area contributed by atoms with Gasteiger partial charge >= 0.3 is 0 Å². The van der Waals surface area contributed by atoms with Gasteiger partial charge in [0.1, 0.15) is 22.3 Å². The average molecular weight is 1380 g/mol. The quantitative estimate of drug-likeness (QED) is 0.103. The number of furan rings is 2. The number of fused-ring (bicyclic) bond motifs is 15. The fourth-order valence-electron chi connectivity index (χ4n) is 15.1. The van der Waals surface area contributed by atoms with Crippen molar-refractivity contribution in [3.63, 3.8) is 0 Å². The van der Waals surface area contributed by atoms with Gasteiger partial charge in [-0.25, -0.2) is 0 Å². The first-order chi connectivity index (χ1) is 52.5. The second-order valence-corrected chi connectivity index (χ2v) is 27.7. The second-order valence-electron chi connectivity index (χ2n) is 26.6. The highest BCUT2D eigenvalue weighted by Gasteiger charge is 2.46. The van der Waals surface area contributed by atoms with Gasteiger partial charge in [-0.05, 0) is 193 Å². The number of benzene rings is 17. The van der Waals surface area contributed by atoms with Crippen molar-refractivity contribution < 1.29 is 8.83 Å². The van der Waals surface area contributed by atoms with Gasteiger partial charge in [0.25, 0.3) is 0 Å². The molecule has 504 valence electrons. The molecule has 0 saturated carbocycles. The molecule has 0 atom stereocenters. The van der Waals surface area contributed by atoms with E-state index >= 15 is 0 Å². The van der Waals surface area contributed by atoms with E-state index in [2.05, 4.69) is 349 Å². The Kier molecular flexibility index (Phi) is 17.4. The van der Waals surface area contributed by atoms with Crippen LogP contribution in [-0.2, 0) is 5.41 Å². The van der Waals surface area contributed by atoms with Gasteiger partial charge in [0.2, 0.25) is 0 Å². The van der Waals surface area contributed by atoms with Crippen molar-refractivity contribution in [1.82, 2.24) is 0 Å². The fourth-order valence-corrected chi connectivity index (χ4v) is 16.2. The van der Waals surface area contributed by atoms with Gasteiger partial charge in [-0.3, -0.25) is 0 Å². The van der Waals surface area contributed by atoms with E-state index in [0.29, 0.717) is 0 Å². The van der Waals surface area contributed by atoms with E-state index in [1.54, 1.807) is 0 Å². The van der Waals surface area contributed by atoms with Crippen LogP contribution in [0.15, 0.2) is 409 Å². The monoisotopic (exact) mass is 1380 g/mol. The predicted molar refractivity (Wildman–Crippen MR) is 450 cm³/mol. The average Bonchev–Trinajstić information content (AvgIpc) is 1.53. The van der Waals surface area contributed by atoms with E-state index in [0.717, 1.165) is 89.4 Å². The first-order valence-electron chi connectivity index (χ1n) is 35.8. The molecule has 4 N–H and O–H groups in total. The molecule has 3 aromatic heterocycles. The summed E-state index contributed by atoms with van der Waals surface area (Å²) in [5, 5.41) is 26.5. The van der Waals surface area contributed by atoms with Crippen molar-refractivity contribution in [3.05, 3.63) is 423 Å². The molecule has 0 spiro atoms. The number of hydrogen-bond donors (Lipinski definition) is 4. The minimum absolute atomic E-state index is 0.358. The topological polar surface area (TPSA) is 74.4 Å². The van der Waals surface area contributed by atoms with E-state index in [1.165, 1.54) is 86.2 Å². The van der Waals surface area contributed by atoms with Gasteiger partial charge in [0.15, 0.2) is 0 Å². The molecule has 20 aromatic rings. The number of thiophene rings is 1. The van der Waals surface area contributed by atoms with Crippen LogP contribution in [0.5, 0.6) is 0 Å². The third kappa shape index (κ3) is 12.8. The Morgan fingerprint density at radius 1 is 0.217 bits per heavy atom. The Labute approximate surface area is 618 Å². The van der Waals surface area contributed by atoms with Crippen LogP contribution in [0.1, 0.15) is 22.3 Å². The number of anilines is 8. The standard InChI is InChI=1S/C31H23N.C24H17NO.C22H15NO.C22H15NS/c1-4-12-23(13-5-1)31(24-14-6-2-7-15-24)29-19-11-10-18-27(29)28-21-20-26(22-30(28)31)32-25-16-8-3-9-17-25;1-2-7-17(8-3-1)18-9-6-10-19(15-18)25-20-13-14-22-21-11-4-5-12-23(21)26-24(22)16-20;1-2-6-16-13-17(10-9-15(16)5-1)23-18-11-12-22-20(14-18)19-7-3-4-8-21(19)24-22;1-2-7-16(8-3-1)23-17-11-13-20-19(14-17)22-18-9-5-4-6-15(18)10-12-21(22)24-20/h1-22,32H;1-16,25H;2*1-14,23H. The van der Waals surface area contributed by atoms with E-state index < -0.39 is 0 Å². The fraction of sp³-hybridized carbons (Fsp3) is 0.0101. The molecular weight excluding hydrogens is 1310 g/mol. The Balaban J connectivity index is 0.000000101. The molecule has 0 bridgehead atoms. The summed E-state index contributed by atoms with van der Waals surface area (Å²) in [5.41, 5.74) is 22.2. The van der Waals surface area contributed by atoms with Gasteiger partial charge in [0, 0.05) is 93.3 Å². The van der Waals surface area contributed by atoms with Crippen molar-refractivity contribution in [2.24, 2.45) is 0 Å². The molecule has 0 unspecified atom stereocenters. The second kappa shape index (κ2) is 28.6. The molecule has 1 aliphatic rings. The molecule has 106 heavy (non-hydrogen) atoms. The van der Waals surface area contributed by atoms with Gasteiger partial charge in [-0.1, -0.05) is 267 Å². The number of nitrogens with one attached hydrogen (secondary N) is 4. The highest BCUT2D eigenvalue weighted by Crippen LogP contribution is 2.57. The summed E-state index contributed by atoms with van der Waals surface area (Å²) in [6.45, 7) is 0. The van der Waals surface area contributed by atoms with Crippen molar-refractivity contribution in [1.29, 1.82) is 0 Å². The molecule has 17 aromatic carbocycles. The zero-order valence-corrected chi connectivity index (χ0v) is 58.6. The van der Waals surface area contributed by atoms with E-state index in [1.807, 2.05) is 84.1 Å². The Morgan fingerprint density at radius 2 is 0.651 bits per heavy atom. The lowest BCUT2D eigenvalue weighted by Crippen LogP contribution is -2.28. The van der Waals surface area contributed by atoms with Crippen molar-refractivity contribution in [2.45, 2.75) is 5.41 Å². The maximum absolute atomic E-state index is 5.98. The highest BCUT2D eigenvalue weighted by molar-refractivity contribution is 7.26. The van der Waals surface area contributed by atoms with Crippen molar-refractivity contribution in [3.8, 4) is 22.3 Å². The van der Waals surface area contributed by atoms with E-state index in [9.17, 15) is 0 Å². The zero-order valence-electron chi connectivity index (χ0n) is 57.8. The minimum Gasteiger partial charge on any atom is -0.456 e. The van der Waals surface area contributed by atoms with Crippen LogP contribution in [0.2, 0.25) is 0 Å². The van der Waals surface area contributed by atoms with Gasteiger partial charge < -0.3 is 30.1 Å². The molecular formula is C99H70N4O2S. The summed E-state index contributed by atoms with van der Waals surface area (Å²) in [7, 11) is 0. The lowest BCUT2D eigenvalue weighted by molar-refractivity contribution is 0.668. The van der Waals surface area contributed by atoms with Crippen LogP contribution in [0.25, 0.3) is 108 Å². The third-order valence-electron chi connectivity index (χ3n) is 20.0. The first-order valence-corrected chi connectivity index (χ1v) is 36.7. The molecule has 0 fully saturated rings. The summed E-state index contributed by atoms with van der Waals surface area (Å²) in [6, 6.07) is 140. The Hall–Kier alpha value is -13.7. The zero-order chi connectivity index (χ0) is 70.6. The number of hydrogen-bond acceptors (Lipinski definition) is 7. The van der Waals surface area contributed by atoms with E-state index in [4.69, 9.17) is 8.83 Å².